The first-order valence-corrected chi connectivity index (χ1v) is 6.40. The second-order valence-corrected chi connectivity index (χ2v) is 4.44. The summed E-state index contributed by atoms with van der Waals surface area (Å²) in [6, 6.07) is 7.41. The zero-order valence-corrected chi connectivity index (χ0v) is 11.9. The van der Waals surface area contributed by atoms with Crippen molar-refractivity contribution in [1.82, 2.24) is 4.90 Å². The lowest BCUT2D eigenvalue weighted by Crippen LogP contribution is -2.36. The van der Waals surface area contributed by atoms with E-state index in [9.17, 15) is 4.79 Å². The van der Waals surface area contributed by atoms with E-state index in [0.717, 1.165) is 5.56 Å². The Bertz CT molecular complexity index is 474. The van der Waals surface area contributed by atoms with Gasteiger partial charge < -0.3 is 20.6 Å². The molecule has 0 saturated heterocycles. The lowest BCUT2D eigenvalue weighted by atomic mass is 10.1. The number of aryl methyl sites for hydroxylation is 1. The zero-order valence-electron chi connectivity index (χ0n) is 11.9. The van der Waals surface area contributed by atoms with Gasteiger partial charge in [-0.25, -0.2) is 0 Å². The maximum absolute atomic E-state index is 12.5. The van der Waals surface area contributed by atoms with Gasteiger partial charge in [-0.1, -0.05) is 23.4 Å². The molecule has 0 fully saturated rings. The number of amidine groups is 1. The van der Waals surface area contributed by atoms with Gasteiger partial charge in [-0.05, 0) is 18.6 Å². The summed E-state index contributed by atoms with van der Waals surface area (Å²) in [6.45, 7) is 3.17. The molecule has 0 heterocycles. The van der Waals surface area contributed by atoms with Crippen LogP contribution >= 0.6 is 0 Å². The van der Waals surface area contributed by atoms with Gasteiger partial charge in [0.25, 0.3) is 5.91 Å². The molecule has 0 radical (unpaired) electrons. The summed E-state index contributed by atoms with van der Waals surface area (Å²) in [6.07, 6.45) is 0.317. The Morgan fingerprint density at radius 2 is 2.10 bits per heavy atom. The summed E-state index contributed by atoms with van der Waals surface area (Å²) < 4.78 is 5.02. The molecule has 1 rings (SSSR count). The predicted octanol–water partition coefficient (Wildman–Crippen LogP) is 1.22. The van der Waals surface area contributed by atoms with Crippen molar-refractivity contribution < 1.29 is 14.7 Å². The quantitative estimate of drug-likeness (QED) is 0.340. The van der Waals surface area contributed by atoms with Gasteiger partial charge >= 0.3 is 0 Å². The van der Waals surface area contributed by atoms with Crippen molar-refractivity contribution in [3.63, 3.8) is 0 Å². The third-order valence-corrected chi connectivity index (χ3v) is 2.99. The first-order chi connectivity index (χ1) is 9.60. The molecule has 1 aromatic carbocycles. The van der Waals surface area contributed by atoms with Crippen LogP contribution < -0.4 is 5.73 Å². The molecule has 0 unspecified atom stereocenters. The molecular formula is C14H21N3O3. The minimum atomic E-state index is -0.0779. The number of oxime groups is 1. The molecular weight excluding hydrogens is 258 g/mol. The van der Waals surface area contributed by atoms with E-state index < -0.39 is 0 Å². The minimum Gasteiger partial charge on any atom is -0.409 e. The molecule has 6 heteroatoms. The SMILES string of the molecule is COCCN(CCC(N)=NO)C(=O)c1ccccc1C. The van der Waals surface area contributed by atoms with Crippen LogP contribution in [0.5, 0.6) is 0 Å². The summed E-state index contributed by atoms with van der Waals surface area (Å²) in [4.78, 5) is 14.1. The number of carbonyl (C=O) groups excluding carboxylic acids is 1. The Balaban J connectivity index is 2.81. The minimum absolute atomic E-state index is 0.0779. The average Bonchev–Trinajstić information content (AvgIpc) is 2.47. The number of nitrogens with two attached hydrogens (primary N) is 1. The van der Waals surface area contributed by atoms with Crippen molar-refractivity contribution in [3.05, 3.63) is 35.4 Å². The first-order valence-electron chi connectivity index (χ1n) is 6.40. The molecule has 0 saturated carbocycles. The highest BCUT2D eigenvalue weighted by Gasteiger charge is 2.17. The van der Waals surface area contributed by atoms with Gasteiger partial charge in [-0.2, -0.15) is 0 Å². The van der Waals surface area contributed by atoms with Crippen molar-refractivity contribution in [2.75, 3.05) is 26.8 Å². The van der Waals surface area contributed by atoms with Crippen LogP contribution in [-0.4, -0.2) is 48.7 Å². The van der Waals surface area contributed by atoms with Crippen molar-refractivity contribution in [2.45, 2.75) is 13.3 Å². The van der Waals surface area contributed by atoms with E-state index in [1.54, 1.807) is 18.1 Å². The van der Waals surface area contributed by atoms with Gasteiger partial charge in [0.1, 0.15) is 5.84 Å². The number of ether oxygens (including phenoxy) is 1. The van der Waals surface area contributed by atoms with E-state index in [2.05, 4.69) is 5.16 Å². The summed E-state index contributed by atoms with van der Waals surface area (Å²) >= 11 is 0. The Morgan fingerprint density at radius 3 is 2.70 bits per heavy atom. The number of benzene rings is 1. The van der Waals surface area contributed by atoms with Gasteiger partial charge in [0, 0.05) is 32.2 Å². The van der Waals surface area contributed by atoms with Crippen molar-refractivity contribution in [1.29, 1.82) is 0 Å². The lowest BCUT2D eigenvalue weighted by Gasteiger charge is -2.23. The summed E-state index contributed by atoms with van der Waals surface area (Å²) in [5.74, 6) is 0.0240. The van der Waals surface area contributed by atoms with Gasteiger partial charge in [0.05, 0.1) is 6.61 Å². The van der Waals surface area contributed by atoms with Gasteiger partial charge in [0.15, 0.2) is 0 Å². The number of rotatable bonds is 7. The topological polar surface area (TPSA) is 88.2 Å². The molecule has 0 aliphatic rings. The van der Waals surface area contributed by atoms with E-state index in [1.165, 1.54) is 0 Å². The highest BCUT2D eigenvalue weighted by atomic mass is 16.5. The monoisotopic (exact) mass is 279 g/mol. The first kappa shape index (κ1) is 16.0. The van der Waals surface area contributed by atoms with Gasteiger partial charge in [-0.3, -0.25) is 4.79 Å². The van der Waals surface area contributed by atoms with Gasteiger partial charge in [0.2, 0.25) is 0 Å². The van der Waals surface area contributed by atoms with Crippen molar-refractivity contribution >= 4 is 11.7 Å². The standard InChI is InChI=1S/C14H21N3O3/c1-11-5-3-4-6-12(11)14(18)17(9-10-20-2)8-7-13(15)16-19/h3-6,19H,7-10H2,1-2H3,(H2,15,16). The van der Waals surface area contributed by atoms with Crippen LogP contribution in [0.25, 0.3) is 0 Å². The largest absolute Gasteiger partial charge is 0.409 e. The number of carbonyl (C=O) groups is 1. The van der Waals surface area contributed by atoms with E-state index in [-0.39, 0.29) is 11.7 Å². The highest BCUT2D eigenvalue weighted by molar-refractivity contribution is 5.95. The average molecular weight is 279 g/mol. The smallest absolute Gasteiger partial charge is 0.254 e. The third kappa shape index (κ3) is 4.55. The molecule has 0 aromatic heterocycles. The summed E-state index contributed by atoms with van der Waals surface area (Å²) in [7, 11) is 1.58. The van der Waals surface area contributed by atoms with Crippen LogP contribution in [0.4, 0.5) is 0 Å². The molecule has 0 aliphatic heterocycles. The van der Waals surface area contributed by atoms with Crippen LogP contribution in [-0.2, 0) is 4.74 Å². The van der Waals surface area contributed by atoms with E-state index in [0.29, 0.717) is 31.7 Å². The molecule has 0 aliphatic carbocycles. The number of methoxy groups -OCH3 is 1. The Morgan fingerprint density at radius 1 is 1.40 bits per heavy atom. The highest BCUT2D eigenvalue weighted by Crippen LogP contribution is 2.11. The molecule has 110 valence electrons. The molecule has 0 atom stereocenters. The number of hydrogen-bond acceptors (Lipinski definition) is 4. The summed E-state index contributed by atoms with van der Waals surface area (Å²) in [5, 5.41) is 11.5. The van der Waals surface area contributed by atoms with Gasteiger partial charge in [-0.15, -0.1) is 0 Å². The van der Waals surface area contributed by atoms with Crippen LogP contribution in [0.3, 0.4) is 0 Å². The predicted molar refractivity (Wildman–Crippen MR) is 77.0 cm³/mol. The van der Waals surface area contributed by atoms with Crippen LogP contribution in [0.15, 0.2) is 29.4 Å². The molecule has 1 aromatic rings. The number of amides is 1. The Hall–Kier alpha value is -2.08. The normalized spacial score (nSPS) is 11.4. The summed E-state index contributed by atoms with van der Waals surface area (Å²) in [5.41, 5.74) is 7.03. The Labute approximate surface area is 118 Å². The zero-order chi connectivity index (χ0) is 15.0. The van der Waals surface area contributed by atoms with E-state index in [1.807, 2.05) is 25.1 Å². The maximum atomic E-state index is 12.5. The van der Waals surface area contributed by atoms with Crippen molar-refractivity contribution in [2.24, 2.45) is 10.9 Å². The second kappa shape index (κ2) is 8.16. The fourth-order valence-corrected chi connectivity index (χ4v) is 1.80. The maximum Gasteiger partial charge on any atom is 0.254 e. The van der Waals surface area contributed by atoms with Crippen LogP contribution in [0.2, 0.25) is 0 Å². The van der Waals surface area contributed by atoms with Crippen molar-refractivity contribution in [3.8, 4) is 0 Å². The van der Waals surface area contributed by atoms with E-state index >= 15 is 0 Å². The molecule has 1 amide bonds. The number of hydrogen-bond donors (Lipinski definition) is 2. The molecule has 6 nitrogen and oxygen atoms in total. The molecule has 20 heavy (non-hydrogen) atoms. The Kier molecular flexibility index (Phi) is 6.52. The lowest BCUT2D eigenvalue weighted by molar-refractivity contribution is 0.0700. The third-order valence-electron chi connectivity index (χ3n) is 2.99. The molecule has 0 spiro atoms. The number of nitrogens with zero attached hydrogens (tertiary/aromatic N) is 2. The molecule has 3 N–H and O–H groups in total. The second-order valence-electron chi connectivity index (χ2n) is 4.44. The fraction of sp³-hybridized carbons (Fsp3) is 0.429. The molecule has 0 bridgehead atoms. The fourth-order valence-electron chi connectivity index (χ4n) is 1.80. The van der Waals surface area contributed by atoms with Crippen LogP contribution in [0.1, 0.15) is 22.3 Å². The van der Waals surface area contributed by atoms with Crippen LogP contribution in [0, 0.1) is 6.92 Å². The van der Waals surface area contributed by atoms with E-state index in [4.69, 9.17) is 15.7 Å².